The molecular formula is C24H20ClF2N5O3. The monoisotopic (exact) mass is 499 g/mol. The summed E-state index contributed by atoms with van der Waals surface area (Å²) in [5.74, 6) is 3.40. The van der Waals surface area contributed by atoms with Crippen LogP contribution in [0.25, 0.3) is 0 Å². The SMILES string of the molecule is O=C(O)NC1CCC(n2ncc(Cl)c2C(=O)Nc2ncc(C#Cc3ccc(F)cc3)cc2F)CC1. The van der Waals surface area contributed by atoms with Gasteiger partial charge in [0.05, 0.1) is 17.3 Å². The fourth-order valence-corrected chi connectivity index (χ4v) is 4.13. The number of nitrogens with zero attached hydrogens (tertiary/aromatic N) is 3. The fraction of sp³-hybridized carbons (Fsp3) is 0.250. The van der Waals surface area contributed by atoms with Crippen LogP contribution in [0.3, 0.4) is 0 Å². The standard InChI is InChI=1S/C24H20ClF2N5O3/c25-19-13-29-32(18-9-7-17(8-10-18)30-24(34)35)21(19)23(33)31-22-20(27)11-15(12-28-22)2-1-14-3-5-16(26)6-4-14/h3-6,11-13,17-18,30H,7-10H2,(H,34,35)(H,28,31,33). The number of carbonyl (C=O) groups excluding carboxylic acids is 1. The highest BCUT2D eigenvalue weighted by Gasteiger charge is 2.28. The molecule has 0 unspecified atom stereocenters. The molecule has 0 radical (unpaired) electrons. The fourth-order valence-electron chi connectivity index (χ4n) is 3.91. The van der Waals surface area contributed by atoms with Gasteiger partial charge in [-0.05, 0) is 56.0 Å². The Morgan fingerprint density at radius 2 is 1.74 bits per heavy atom. The molecule has 0 spiro atoms. The summed E-state index contributed by atoms with van der Waals surface area (Å²) in [6, 6.07) is 6.37. The average Bonchev–Trinajstić information content (AvgIpc) is 3.22. The van der Waals surface area contributed by atoms with Crippen molar-refractivity contribution in [3.63, 3.8) is 0 Å². The number of aromatic nitrogens is 3. The van der Waals surface area contributed by atoms with Crippen LogP contribution in [0.4, 0.5) is 19.4 Å². The Bertz CT molecular complexity index is 1310. The molecule has 1 aromatic carbocycles. The van der Waals surface area contributed by atoms with Crippen molar-refractivity contribution in [2.75, 3.05) is 5.32 Å². The van der Waals surface area contributed by atoms with Gasteiger partial charge in [-0.2, -0.15) is 5.10 Å². The summed E-state index contributed by atoms with van der Waals surface area (Å²) in [5.41, 5.74) is 0.905. The lowest BCUT2D eigenvalue weighted by atomic mass is 9.91. The molecule has 11 heteroatoms. The largest absolute Gasteiger partial charge is 0.465 e. The van der Waals surface area contributed by atoms with Crippen LogP contribution in [0.1, 0.15) is 53.3 Å². The van der Waals surface area contributed by atoms with Gasteiger partial charge in [-0.3, -0.25) is 9.48 Å². The topological polar surface area (TPSA) is 109 Å². The van der Waals surface area contributed by atoms with E-state index < -0.39 is 17.8 Å². The molecule has 2 heterocycles. The summed E-state index contributed by atoms with van der Waals surface area (Å²) in [6.07, 6.45) is 3.95. The first-order valence-electron chi connectivity index (χ1n) is 10.8. The number of amides is 2. The van der Waals surface area contributed by atoms with Crippen LogP contribution in [0.5, 0.6) is 0 Å². The molecule has 0 saturated heterocycles. The maximum Gasteiger partial charge on any atom is 0.404 e. The van der Waals surface area contributed by atoms with Crippen molar-refractivity contribution in [2.24, 2.45) is 0 Å². The minimum atomic E-state index is -1.07. The minimum absolute atomic E-state index is 0.0719. The quantitative estimate of drug-likeness (QED) is 0.454. The van der Waals surface area contributed by atoms with E-state index in [4.69, 9.17) is 16.7 Å². The van der Waals surface area contributed by atoms with E-state index in [1.54, 1.807) is 0 Å². The molecule has 180 valence electrons. The van der Waals surface area contributed by atoms with E-state index in [0.717, 1.165) is 6.07 Å². The van der Waals surface area contributed by atoms with Crippen LogP contribution in [0.2, 0.25) is 5.02 Å². The molecule has 2 amide bonds. The second-order valence-electron chi connectivity index (χ2n) is 8.01. The number of carbonyl (C=O) groups is 2. The lowest BCUT2D eigenvalue weighted by molar-refractivity contribution is 0.101. The maximum atomic E-state index is 14.6. The predicted molar refractivity (Wildman–Crippen MR) is 124 cm³/mol. The first-order chi connectivity index (χ1) is 16.8. The molecule has 4 rings (SSSR count). The third-order valence-electron chi connectivity index (χ3n) is 5.60. The lowest BCUT2D eigenvalue weighted by Crippen LogP contribution is -2.37. The number of nitrogens with one attached hydrogen (secondary N) is 2. The van der Waals surface area contributed by atoms with Gasteiger partial charge >= 0.3 is 6.09 Å². The van der Waals surface area contributed by atoms with E-state index in [1.165, 1.54) is 41.3 Å². The van der Waals surface area contributed by atoms with Gasteiger partial charge in [0, 0.05) is 23.4 Å². The molecule has 3 N–H and O–H groups in total. The van der Waals surface area contributed by atoms with Gasteiger partial charge in [0.1, 0.15) is 11.5 Å². The van der Waals surface area contributed by atoms with Crippen molar-refractivity contribution in [1.82, 2.24) is 20.1 Å². The number of carboxylic acid groups (broad SMARTS) is 1. The molecule has 0 bridgehead atoms. The molecule has 2 aromatic heterocycles. The Labute approximate surface area is 204 Å². The minimum Gasteiger partial charge on any atom is -0.465 e. The van der Waals surface area contributed by atoms with Gasteiger partial charge in [0.15, 0.2) is 11.6 Å². The summed E-state index contributed by atoms with van der Waals surface area (Å²) in [6.45, 7) is 0. The Kier molecular flexibility index (Phi) is 7.27. The number of halogens is 3. The zero-order valence-corrected chi connectivity index (χ0v) is 19.0. The van der Waals surface area contributed by atoms with Gasteiger partial charge in [-0.15, -0.1) is 0 Å². The highest BCUT2D eigenvalue weighted by Crippen LogP contribution is 2.31. The Balaban J connectivity index is 1.45. The van der Waals surface area contributed by atoms with Gasteiger partial charge in [-0.25, -0.2) is 18.6 Å². The van der Waals surface area contributed by atoms with Crippen molar-refractivity contribution in [3.05, 3.63) is 76.2 Å². The van der Waals surface area contributed by atoms with E-state index >= 15 is 0 Å². The van der Waals surface area contributed by atoms with Crippen LogP contribution in [0, 0.1) is 23.5 Å². The van der Waals surface area contributed by atoms with Gasteiger partial charge in [0.25, 0.3) is 5.91 Å². The Hall–Kier alpha value is -3.97. The van der Waals surface area contributed by atoms with E-state index in [1.807, 2.05) is 0 Å². The van der Waals surface area contributed by atoms with Crippen molar-refractivity contribution in [3.8, 4) is 11.8 Å². The molecule has 8 nitrogen and oxygen atoms in total. The first kappa shape index (κ1) is 24.2. The van der Waals surface area contributed by atoms with Crippen molar-refractivity contribution < 1.29 is 23.5 Å². The van der Waals surface area contributed by atoms with Gasteiger partial charge < -0.3 is 15.7 Å². The smallest absolute Gasteiger partial charge is 0.404 e. The molecular weight excluding hydrogens is 480 g/mol. The van der Waals surface area contributed by atoms with Crippen LogP contribution >= 0.6 is 11.6 Å². The number of anilines is 1. The number of benzene rings is 1. The summed E-state index contributed by atoms with van der Waals surface area (Å²) in [5, 5.41) is 18.1. The summed E-state index contributed by atoms with van der Waals surface area (Å²) in [4.78, 5) is 27.7. The summed E-state index contributed by atoms with van der Waals surface area (Å²) < 4.78 is 29.1. The molecule has 1 aliphatic rings. The predicted octanol–water partition coefficient (Wildman–Crippen LogP) is 4.61. The third-order valence-corrected chi connectivity index (χ3v) is 5.88. The maximum absolute atomic E-state index is 14.6. The molecule has 1 saturated carbocycles. The zero-order valence-electron chi connectivity index (χ0n) is 18.3. The number of rotatable bonds is 4. The second kappa shape index (κ2) is 10.5. The molecule has 1 fully saturated rings. The molecule has 3 aromatic rings. The number of hydrogen-bond donors (Lipinski definition) is 3. The van der Waals surface area contributed by atoms with E-state index in [0.29, 0.717) is 31.2 Å². The molecule has 1 aliphatic carbocycles. The molecule has 0 atom stereocenters. The van der Waals surface area contributed by atoms with Crippen LogP contribution in [-0.4, -0.2) is 37.9 Å². The highest BCUT2D eigenvalue weighted by molar-refractivity contribution is 6.34. The van der Waals surface area contributed by atoms with Gasteiger partial charge in [-0.1, -0.05) is 23.4 Å². The lowest BCUT2D eigenvalue weighted by Gasteiger charge is -2.29. The Morgan fingerprint density at radius 3 is 2.40 bits per heavy atom. The van der Waals surface area contributed by atoms with E-state index in [-0.39, 0.29) is 40.0 Å². The highest BCUT2D eigenvalue weighted by atomic mass is 35.5. The third kappa shape index (κ3) is 5.94. The van der Waals surface area contributed by atoms with Crippen LogP contribution < -0.4 is 10.6 Å². The summed E-state index contributed by atoms with van der Waals surface area (Å²) >= 11 is 6.21. The first-order valence-corrected chi connectivity index (χ1v) is 11.1. The zero-order chi connectivity index (χ0) is 24.9. The van der Waals surface area contributed by atoms with Gasteiger partial charge in [0.2, 0.25) is 0 Å². The normalized spacial score (nSPS) is 17.2. The van der Waals surface area contributed by atoms with E-state index in [2.05, 4.69) is 32.6 Å². The van der Waals surface area contributed by atoms with Crippen LogP contribution in [-0.2, 0) is 0 Å². The number of hydrogen-bond acceptors (Lipinski definition) is 4. The van der Waals surface area contributed by atoms with Crippen molar-refractivity contribution in [1.29, 1.82) is 0 Å². The average molecular weight is 500 g/mol. The van der Waals surface area contributed by atoms with Crippen molar-refractivity contribution >= 4 is 29.4 Å². The summed E-state index contributed by atoms with van der Waals surface area (Å²) in [7, 11) is 0. The Morgan fingerprint density at radius 1 is 1.06 bits per heavy atom. The van der Waals surface area contributed by atoms with E-state index in [9.17, 15) is 18.4 Å². The molecule has 35 heavy (non-hydrogen) atoms. The number of pyridine rings is 1. The van der Waals surface area contributed by atoms with Crippen LogP contribution in [0.15, 0.2) is 42.7 Å². The molecule has 0 aliphatic heterocycles. The van der Waals surface area contributed by atoms with Crippen molar-refractivity contribution in [2.45, 2.75) is 37.8 Å². The second-order valence-corrected chi connectivity index (χ2v) is 8.41.